The van der Waals surface area contributed by atoms with Crippen LogP contribution in [0.15, 0.2) is 11.6 Å². The Morgan fingerprint density at radius 3 is 2.31 bits per heavy atom. The van der Waals surface area contributed by atoms with Crippen molar-refractivity contribution in [2.24, 2.45) is 0 Å². The second-order valence-electron chi connectivity index (χ2n) is 2.21. The third-order valence-corrected chi connectivity index (χ3v) is 1.25. The van der Waals surface area contributed by atoms with E-state index in [0.29, 0.717) is 6.42 Å². The van der Waals surface area contributed by atoms with Crippen molar-refractivity contribution in [1.29, 1.82) is 0 Å². The highest BCUT2D eigenvalue weighted by atomic mass is 17.1. The van der Waals surface area contributed by atoms with Crippen LogP contribution in [0.25, 0.3) is 0 Å². The highest BCUT2D eigenvalue weighted by molar-refractivity contribution is 5.95. The van der Waals surface area contributed by atoms with Crippen LogP contribution in [0.1, 0.15) is 19.8 Å². The van der Waals surface area contributed by atoms with E-state index in [4.69, 9.17) is 10.5 Å². The summed E-state index contributed by atoms with van der Waals surface area (Å²) < 4.78 is 0. The molecule has 0 amide bonds. The summed E-state index contributed by atoms with van der Waals surface area (Å²) in [5.41, 5.74) is -0.0657. The molecule has 74 valence electrons. The Bertz CT molecular complexity index is 219. The standard InChI is InChI=1S/C7H10O6/c1-2-3-5(7(9)13-11)4-6(8)12-10/h4,10-11H,2-3H2,1H3. The van der Waals surface area contributed by atoms with E-state index in [0.717, 1.165) is 6.08 Å². The minimum absolute atomic E-state index is 0.0657. The average Bonchev–Trinajstić information content (AvgIpc) is 2.15. The molecule has 13 heavy (non-hydrogen) atoms. The normalized spacial score (nSPS) is 10.8. The first kappa shape index (κ1) is 11.6. The molecule has 0 spiro atoms. The van der Waals surface area contributed by atoms with E-state index in [9.17, 15) is 9.59 Å². The number of rotatable bonds is 4. The molecule has 0 radical (unpaired) electrons. The van der Waals surface area contributed by atoms with Gasteiger partial charge in [0.2, 0.25) is 0 Å². The molecule has 2 N–H and O–H groups in total. The third kappa shape index (κ3) is 4.24. The fourth-order valence-corrected chi connectivity index (χ4v) is 0.730. The van der Waals surface area contributed by atoms with E-state index in [-0.39, 0.29) is 12.0 Å². The van der Waals surface area contributed by atoms with Crippen LogP contribution in [0.3, 0.4) is 0 Å². The van der Waals surface area contributed by atoms with Crippen LogP contribution in [0, 0.1) is 0 Å². The van der Waals surface area contributed by atoms with Crippen LogP contribution in [-0.2, 0) is 19.4 Å². The van der Waals surface area contributed by atoms with E-state index >= 15 is 0 Å². The molecule has 0 saturated heterocycles. The molecular formula is C7H10O6. The summed E-state index contributed by atoms with van der Waals surface area (Å²) in [6, 6.07) is 0. The topological polar surface area (TPSA) is 93.1 Å². The van der Waals surface area contributed by atoms with Crippen LogP contribution in [0.2, 0.25) is 0 Å². The van der Waals surface area contributed by atoms with E-state index in [2.05, 4.69) is 9.78 Å². The van der Waals surface area contributed by atoms with Gasteiger partial charge < -0.3 is 0 Å². The van der Waals surface area contributed by atoms with Gasteiger partial charge in [-0.25, -0.2) is 9.59 Å². The van der Waals surface area contributed by atoms with Crippen LogP contribution in [-0.4, -0.2) is 22.5 Å². The maximum Gasteiger partial charge on any atom is 0.369 e. The van der Waals surface area contributed by atoms with Crippen LogP contribution >= 0.6 is 0 Å². The van der Waals surface area contributed by atoms with Gasteiger partial charge in [0, 0.05) is 11.6 Å². The van der Waals surface area contributed by atoms with Gasteiger partial charge in [-0.1, -0.05) is 13.3 Å². The monoisotopic (exact) mass is 190 g/mol. The first-order chi connectivity index (χ1) is 6.15. The van der Waals surface area contributed by atoms with Crippen molar-refractivity contribution in [1.82, 2.24) is 0 Å². The maximum absolute atomic E-state index is 10.7. The van der Waals surface area contributed by atoms with Gasteiger partial charge in [0.1, 0.15) is 0 Å². The molecule has 0 unspecified atom stereocenters. The van der Waals surface area contributed by atoms with Gasteiger partial charge in [-0.05, 0) is 6.42 Å². The lowest BCUT2D eigenvalue weighted by Gasteiger charge is -1.99. The molecule has 0 aromatic rings. The number of hydrogen-bond donors (Lipinski definition) is 2. The zero-order valence-electron chi connectivity index (χ0n) is 7.02. The molecular weight excluding hydrogens is 180 g/mol. The van der Waals surface area contributed by atoms with Crippen molar-refractivity contribution < 1.29 is 29.9 Å². The van der Waals surface area contributed by atoms with Gasteiger partial charge in [-0.2, -0.15) is 10.5 Å². The van der Waals surface area contributed by atoms with Gasteiger partial charge in [0.25, 0.3) is 0 Å². The Labute approximate surface area is 74.2 Å². The minimum atomic E-state index is -1.09. The summed E-state index contributed by atoms with van der Waals surface area (Å²) >= 11 is 0. The Balaban J connectivity index is 4.48. The van der Waals surface area contributed by atoms with Crippen molar-refractivity contribution in [3.63, 3.8) is 0 Å². The fraction of sp³-hybridized carbons (Fsp3) is 0.429. The second-order valence-corrected chi connectivity index (χ2v) is 2.21. The second kappa shape index (κ2) is 6.15. The maximum atomic E-state index is 10.7. The van der Waals surface area contributed by atoms with E-state index < -0.39 is 11.9 Å². The van der Waals surface area contributed by atoms with E-state index in [1.165, 1.54) is 0 Å². The van der Waals surface area contributed by atoms with Gasteiger partial charge in [-0.15, -0.1) is 0 Å². The molecule has 0 aliphatic rings. The average molecular weight is 190 g/mol. The summed E-state index contributed by atoms with van der Waals surface area (Å²) in [6.45, 7) is 1.77. The zero-order chi connectivity index (χ0) is 10.3. The quantitative estimate of drug-likeness (QED) is 0.386. The lowest BCUT2D eigenvalue weighted by molar-refractivity contribution is -0.231. The Morgan fingerprint density at radius 1 is 1.31 bits per heavy atom. The summed E-state index contributed by atoms with van der Waals surface area (Å²) in [6.07, 6.45) is 1.58. The number of carbonyl (C=O) groups is 2. The molecule has 0 rings (SSSR count). The van der Waals surface area contributed by atoms with Crippen molar-refractivity contribution in [3.8, 4) is 0 Å². The SMILES string of the molecule is CCCC(=CC(=O)OO)C(=O)OO. The molecule has 0 aromatic heterocycles. The molecule has 0 atom stereocenters. The Morgan fingerprint density at radius 2 is 1.92 bits per heavy atom. The van der Waals surface area contributed by atoms with Crippen LogP contribution < -0.4 is 0 Å². The van der Waals surface area contributed by atoms with Crippen LogP contribution in [0.5, 0.6) is 0 Å². The first-order valence-corrected chi connectivity index (χ1v) is 3.57. The Kier molecular flexibility index (Phi) is 5.49. The largest absolute Gasteiger partial charge is 0.369 e. The lowest BCUT2D eigenvalue weighted by Crippen LogP contribution is -2.08. The first-order valence-electron chi connectivity index (χ1n) is 3.57. The molecule has 6 nitrogen and oxygen atoms in total. The lowest BCUT2D eigenvalue weighted by atomic mass is 10.1. The molecule has 0 heterocycles. The summed E-state index contributed by atoms with van der Waals surface area (Å²) in [7, 11) is 0. The molecule has 6 heteroatoms. The molecule has 0 aliphatic carbocycles. The zero-order valence-corrected chi connectivity index (χ0v) is 7.02. The third-order valence-electron chi connectivity index (χ3n) is 1.25. The predicted molar refractivity (Wildman–Crippen MR) is 40.4 cm³/mol. The molecule has 0 bridgehead atoms. The Hall–Kier alpha value is -1.40. The molecule has 0 aromatic carbocycles. The molecule has 0 saturated carbocycles. The van der Waals surface area contributed by atoms with Gasteiger partial charge >= 0.3 is 11.9 Å². The van der Waals surface area contributed by atoms with Gasteiger partial charge in [0.05, 0.1) is 0 Å². The fourth-order valence-electron chi connectivity index (χ4n) is 0.730. The van der Waals surface area contributed by atoms with Gasteiger partial charge in [0.15, 0.2) is 0 Å². The predicted octanol–water partition coefficient (Wildman–Crippen LogP) is 0.745. The van der Waals surface area contributed by atoms with Crippen molar-refractivity contribution in [2.45, 2.75) is 19.8 Å². The summed E-state index contributed by atoms with van der Waals surface area (Å²) in [5.74, 6) is -2.12. The van der Waals surface area contributed by atoms with Crippen molar-refractivity contribution in [2.75, 3.05) is 0 Å². The highest BCUT2D eigenvalue weighted by Crippen LogP contribution is 2.06. The highest BCUT2D eigenvalue weighted by Gasteiger charge is 2.12. The summed E-state index contributed by atoms with van der Waals surface area (Å²) in [5, 5.41) is 15.9. The van der Waals surface area contributed by atoms with Crippen molar-refractivity contribution >= 4 is 11.9 Å². The number of hydrogen-bond acceptors (Lipinski definition) is 6. The molecule has 0 aliphatic heterocycles. The van der Waals surface area contributed by atoms with Gasteiger partial charge in [-0.3, -0.25) is 9.78 Å². The van der Waals surface area contributed by atoms with E-state index in [1.54, 1.807) is 6.92 Å². The number of carbonyl (C=O) groups excluding carboxylic acids is 2. The van der Waals surface area contributed by atoms with Crippen molar-refractivity contribution in [3.05, 3.63) is 11.6 Å². The smallest absolute Gasteiger partial charge is 0.296 e. The summed E-state index contributed by atoms with van der Waals surface area (Å²) in [4.78, 5) is 27.9. The molecule has 0 fully saturated rings. The minimum Gasteiger partial charge on any atom is -0.296 e. The van der Waals surface area contributed by atoms with Crippen LogP contribution in [0.4, 0.5) is 0 Å². The van der Waals surface area contributed by atoms with E-state index in [1.807, 2.05) is 0 Å².